The molecule has 0 aliphatic carbocycles. The van der Waals surface area contributed by atoms with Crippen LogP contribution in [0.5, 0.6) is 0 Å². The number of hydrogen-bond donors (Lipinski definition) is 0. The van der Waals surface area contributed by atoms with E-state index in [1.807, 2.05) is 0 Å². The summed E-state index contributed by atoms with van der Waals surface area (Å²) in [6.45, 7) is 14.2. The number of rotatable bonds is 8. The zero-order valence-corrected chi connectivity index (χ0v) is 11.9. The van der Waals surface area contributed by atoms with Gasteiger partial charge in [-0.2, -0.15) is 0 Å². The Kier molecular flexibility index (Phi) is 7.30. The van der Waals surface area contributed by atoms with Gasteiger partial charge in [-0.15, -0.1) is 0 Å². The molecule has 0 N–H and O–H groups in total. The highest BCUT2D eigenvalue weighted by Crippen LogP contribution is 2.31. The second kappa shape index (κ2) is 7.30. The number of hydrogen-bond acceptors (Lipinski definition) is 0. The van der Waals surface area contributed by atoms with Crippen molar-refractivity contribution in [2.75, 3.05) is 0 Å². The first kappa shape index (κ1) is 15.0. The van der Waals surface area contributed by atoms with E-state index in [2.05, 4.69) is 41.5 Å². The maximum Gasteiger partial charge on any atom is -0.0352 e. The molecule has 0 aliphatic rings. The molecule has 0 saturated heterocycles. The van der Waals surface area contributed by atoms with Crippen molar-refractivity contribution in [3.05, 3.63) is 0 Å². The van der Waals surface area contributed by atoms with Crippen molar-refractivity contribution in [2.24, 2.45) is 17.3 Å². The predicted octanol–water partition coefficient (Wildman–Crippen LogP) is 5.67. The van der Waals surface area contributed by atoms with E-state index in [-0.39, 0.29) is 0 Å². The van der Waals surface area contributed by atoms with Crippen molar-refractivity contribution in [3.8, 4) is 0 Å². The van der Waals surface area contributed by atoms with Crippen molar-refractivity contribution in [1.29, 1.82) is 0 Å². The summed E-state index contributed by atoms with van der Waals surface area (Å²) in [6, 6.07) is 0. The van der Waals surface area contributed by atoms with Crippen LogP contribution in [0.4, 0.5) is 0 Å². The third-order valence-corrected chi connectivity index (χ3v) is 3.10. The second-order valence-corrected chi connectivity index (χ2v) is 6.76. The third-order valence-electron chi connectivity index (χ3n) is 3.10. The quantitative estimate of drug-likeness (QED) is 0.455. The molecule has 0 atom stereocenters. The van der Waals surface area contributed by atoms with Crippen molar-refractivity contribution in [1.82, 2.24) is 0 Å². The highest BCUT2D eigenvalue weighted by Gasteiger charge is 2.18. The highest BCUT2D eigenvalue weighted by molar-refractivity contribution is 4.70. The Morgan fingerprint density at radius 2 is 1.40 bits per heavy atom. The normalized spacial score (nSPS) is 12.8. The third kappa shape index (κ3) is 10.3. The fourth-order valence-corrected chi connectivity index (χ4v) is 2.54. The lowest BCUT2D eigenvalue weighted by molar-refractivity contribution is 0.255. The van der Waals surface area contributed by atoms with Crippen LogP contribution in [0.3, 0.4) is 0 Å². The van der Waals surface area contributed by atoms with E-state index in [4.69, 9.17) is 0 Å². The Morgan fingerprint density at radius 1 is 0.800 bits per heavy atom. The van der Waals surface area contributed by atoms with Gasteiger partial charge in [0.15, 0.2) is 0 Å². The number of unbranched alkanes of at least 4 members (excludes halogenated alkanes) is 2. The van der Waals surface area contributed by atoms with Gasteiger partial charge >= 0.3 is 0 Å². The maximum atomic E-state index is 2.43. The summed E-state index contributed by atoms with van der Waals surface area (Å²) in [4.78, 5) is 0. The van der Waals surface area contributed by atoms with Crippen LogP contribution in [0.15, 0.2) is 0 Å². The van der Waals surface area contributed by atoms with Crippen molar-refractivity contribution < 1.29 is 0 Å². The summed E-state index contributed by atoms with van der Waals surface area (Å²) in [5.41, 5.74) is 0.562. The lowest BCUT2D eigenvalue weighted by Gasteiger charge is -2.26. The van der Waals surface area contributed by atoms with Crippen molar-refractivity contribution in [3.63, 3.8) is 0 Å². The Morgan fingerprint density at radius 3 is 1.87 bits per heavy atom. The van der Waals surface area contributed by atoms with Gasteiger partial charge in [0.2, 0.25) is 0 Å². The van der Waals surface area contributed by atoms with Gasteiger partial charge in [-0.3, -0.25) is 0 Å². The molecule has 0 heteroatoms. The molecule has 0 unspecified atom stereocenters. The molecular formula is C15H32. The molecule has 0 spiro atoms. The fourth-order valence-electron chi connectivity index (χ4n) is 2.54. The summed E-state index contributed by atoms with van der Waals surface area (Å²) >= 11 is 0. The summed E-state index contributed by atoms with van der Waals surface area (Å²) < 4.78 is 0. The van der Waals surface area contributed by atoms with Gasteiger partial charge in [0, 0.05) is 0 Å². The Balaban J connectivity index is 3.48. The lowest BCUT2D eigenvalue weighted by atomic mass is 9.79. The molecule has 0 bridgehead atoms. The van der Waals surface area contributed by atoms with Crippen LogP contribution < -0.4 is 0 Å². The Hall–Kier alpha value is 0. The average Bonchev–Trinajstić information content (AvgIpc) is 1.99. The van der Waals surface area contributed by atoms with Gasteiger partial charge in [0.05, 0.1) is 0 Å². The first-order chi connectivity index (χ1) is 6.83. The Bertz CT molecular complexity index is 142. The van der Waals surface area contributed by atoms with E-state index >= 15 is 0 Å². The second-order valence-electron chi connectivity index (χ2n) is 6.76. The smallest absolute Gasteiger partial charge is 0.0352 e. The molecule has 0 aromatic carbocycles. The lowest BCUT2D eigenvalue weighted by Crippen LogP contribution is -2.14. The summed E-state index contributed by atoms with van der Waals surface area (Å²) in [5.74, 6) is 1.73. The molecule has 0 aliphatic heterocycles. The van der Waals surface area contributed by atoms with Crippen molar-refractivity contribution >= 4 is 0 Å². The van der Waals surface area contributed by atoms with Crippen molar-refractivity contribution in [2.45, 2.75) is 80.1 Å². The van der Waals surface area contributed by atoms with E-state index in [9.17, 15) is 0 Å². The van der Waals surface area contributed by atoms with Gasteiger partial charge < -0.3 is 0 Å². The molecule has 15 heavy (non-hydrogen) atoms. The van der Waals surface area contributed by atoms with Crippen LogP contribution >= 0.6 is 0 Å². The van der Waals surface area contributed by atoms with Gasteiger partial charge in [0.1, 0.15) is 0 Å². The zero-order valence-electron chi connectivity index (χ0n) is 11.9. The summed E-state index contributed by atoms with van der Waals surface area (Å²) in [7, 11) is 0. The molecule has 0 heterocycles. The molecule has 0 nitrogen and oxygen atoms in total. The molecule has 92 valence electrons. The summed E-state index contributed by atoms with van der Waals surface area (Å²) in [6.07, 6.45) is 8.46. The predicted molar refractivity (Wildman–Crippen MR) is 71.2 cm³/mol. The average molecular weight is 212 g/mol. The largest absolute Gasteiger partial charge is 0.0628 e. The van der Waals surface area contributed by atoms with E-state index in [1.165, 1.54) is 38.5 Å². The fraction of sp³-hybridized carbons (Fsp3) is 1.00. The van der Waals surface area contributed by atoms with Gasteiger partial charge in [-0.05, 0) is 30.1 Å². The molecule has 0 amide bonds. The zero-order chi connectivity index (χ0) is 11.9. The first-order valence-corrected chi connectivity index (χ1v) is 6.83. The molecule has 0 radical (unpaired) electrons. The van der Waals surface area contributed by atoms with Crippen LogP contribution in [0.1, 0.15) is 80.1 Å². The molecule has 0 aromatic heterocycles. The monoisotopic (exact) mass is 212 g/mol. The maximum absolute atomic E-state index is 2.43. The van der Waals surface area contributed by atoms with E-state index in [0.717, 1.165) is 11.8 Å². The van der Waals surface area contributed by atoms with Crippen LogP contribution in [0.25, 0.3) is 0 Å². The molecule has 0 aromatic rings. The van der Waals surface area contributed by atoms with E-state index in [0.29, 0.717) is 5.41 Å². The van der Waals surface area contributed by atoms with Crippen LogP contribution in [0.2, 0.25) is 0 Å². The first-order valence-electron chi connectivity index (χ1n) is 6.83. The minimum atomic E-state index is 0.562. The topological polar surface area (TPSA) is 0 Å². The van der Waals surface area contributed by atoms with E-state index < -0.39 is 0 Å². The molecule has 0 fully saturated rings. The SMILES string of the molecule is CC(C)CCCCCC(C)(C)CC(C)C. The van der Waals surface area contributed by atoms with Gasteiger partial charge in [-0.25, -0.2) is 0 Å². The summed E-state index contributed by atoms with van der Waals surface area (Å²) in [5, 5.41) is 0. The van der Waals surface area contributed by atoms with E-state index in [1.54, 1.807) is 0 Å². The minimum absolute atomic E-state index is 0.562. The highest BCUT2D eigenvalue weighted by atomic mass is 14.2. The van der Waals surface area contributed by atoms with Crippen LogP contribution in [-0.2, 0) is 0 Å². The minimum Gasteiger partial charge on any atom is -0.0628 e. The van der Waals surface area contributed by atoms with Crippen LogP contribution in [-0.4, -0.2) is 0 Å². The molecular weight excluding hydrogens is 180 g/mol. The van der Waals surface area contributed by atoms with Gasteiger partial charge in [0.25, 0.3) is 0 Å². The standard InChI is InChI=1S/C15H32/c1-13(2)10-8-7-9-11-15(5,6)12-14(3)4/h13-14H,7-12H2,1-6H3. The molecule has 0 rings (SSSR count). The molecule has 0 saturated carbocycles. The Labute approximate surface area is 97.8 Å². The van der Waals surface area contributed by atoms with Gasteiger partial charge in [-0.1, -0.05) is 67.2 Å². The van der Waals surface area contributed by atoms with Crippen LogP contribution in [0, 0.1) is 17.3 Å².